The van der Waals surface area contributed by atoms with E-state index in [2.05, 4.69) is 18.7 Å². The van der Waals surface area contributed by atoms with E-state index in [1.807, 2.05) is 42.7 Å². The molecule has 1 N–H and O–H groups in total. The summed E-state index contributed by atoms with van der Waals surface area (Å²) in [5, 5.41) is 9.52. The molecule has 1 heterocycles. The number of hydrogen-bond donors (Lipinski definition) is 1. The lowest BCUT2D eigenvalue weighted by atomic mass is 9.86. The van der Waals surface area contributed by atoms with Gasteiger partial charge in [-0.05, 0) is 61.8 Å². The maximum Gasteiger partial charge on any atom is 0.319 e. The molecule has 0 saturated heterocycles. The maximum absolute atomic E-state index is 13.8. The average Bonchev–Trinajstić information content (AvgIpc) is 2.87. The van der Waals surface area contributed by atoms with Gasteiger partial charge in [0.05, 0.1) is 16.3 Å². The number of benzene rings is 2. The molecule has 1 aliphatic heterocycles. The minimum atomic E-state index is -3.55. The topological polar surface area (TPSA) is 74.7 Å². The molecule has 0 spiro atoms. The molecule has 0 aromatic heterocycles. The van der Waals surface area contributed by atoms with Gasteiger partial charge in [0.15, 0.2) is 9.84 Å². The Morgan fingerprint density at radius 1 is 1.21 bits per heavy atom. The quantitative estimate of drug-likeness (QED) is 0.371. The Bertz CT molecular complexity index is 1130. The summed E-state index contributed by atoms with van der Waals surface area (Å²) in [6.45, 7) is 8.19. The van der Waals surface area contributed by atoms with Crippen molar-refractivity contribution in [1.29, 1.82) is 0 Å². The number of sulfone groups is 1. The van der Waals surface area contributed by atoms with Crippen molar-refractivity contribution in [2.45, 2.75) is 67.2 Å². The van der Waals surface area contributed by atoms with Gasteiger partial charge < -0.3 is 10.0 Å². The summed E-state index contributed by atoms with van der Waals surface area (Å²) in [6, 6.07) is 13.8. The SMILES string of the molecule is CCCC[C@@]1(C)CN(c2ccccc2)c2cc(SC)c(CSC(C)(C)C(=O)O)cc2S(=O)(=O)C1. The van der Waals surface area contributed by atoms with Crippen molar-refractivity contribution in [2.24, 2.45) is 5.41 Å². The van der Waals surface area contributed by atoms with Crippen molar-refractivity contribution in [2.75, 3.05) is 23.5 Å². The minimum Gasteiger partial charge on any atom is -0.480 e. The molecular formula is C26H35NO4S3. The highest BCUT2D eigenvalue weighted by Gasteiger charge is 2.40. The fraction of sp³-hybridized carbons (Fsp3) is 0.500. The molecule has 2 aromatic carbocycles. The Kier molecular flexibility index (Phi) is 8.36. The van der Waals surface area contributed by atoms with Crippen molar-refractivity contribution in [3.8, 4) is 0 Å². The summed E-state index contributed by atoms with van der Waals surface area (Å²) in [7, 11) is -3.55. The second-order valence-electron chi connectivity index (χ2n) is 9.83. The third kappa shape index (κ3) is 5.94. The lowest BCUT2D eigenvalue weighted by Crippen LogP contribution is -2.35. The normalized spacial score (nSPS) is 20.0. The van der Waals surface area contributed by atoms with Gasteiger partial charge in [-0.3, -0.25) is 4.79 Å². The molecule has 0 bridgehead atoms. The smallest absolute Gasteiger partial charge is 0.319 e. The number of para-hydroxylation sites is 1. The molecule has 0 fully saturated rings. The van der Waals surface area contributed by atoms with E-state index >= 15 is 0 Å². The molecule has 1 aliphatic rings. The highest BCUT2D eigenvalue weighted by Crippen LogP contribution is 2.45. The largest absolute Gasteiger partial charge is 0.480 e. The van der Waals surface area contributed by atoms with Gasteiger partial charge >= 0.3 is 5.97 Å². The summed E-state index contributed by atoms with van der Waals surface area (Å²) in [6.07, 6.45) is 4.81. The van der Waals surface area contributed by atoms with Crippen molar-refractivity contribution >= 4 is 50.7 Å². The van der Waals surface area contributed by atoms with E-state index in [9.17, 15) is 18.3 Å². The zero-order valence-corrected chi connectivity index (χ0v) is 23.1. The fourth-order valence-corrected chi connectivity index (χ4v) is 8.03. The fourth-order valence-electron chi connectivity index (χ4n) is 4.32. The van der Waals surface area contributed by atoms with E-state index in [0.717, 1.165) is 35.4 Å². The Balaban J connectivity index is 2.16. The summed E-state index contributed by atoms with van der Waals surface area (Å²) in [4.78, 5) is 15.1. The van der Waals surface area contributed by atoms with E-state index in [1.165, 1.54) is 11.8 Å². The first-order valence-corrected chi connectivity index (χ1v) is 15.4. The first kappa shape index (κ1) is 27.0. The molecule has 186 valence electrons. The molecule has 1 atom stereocenters. The molecule has 0 radical (unpaired) electrons. The minimum absolute atomic E-state index is 0.0994. The Morgan fingerprint density at radius 2 is 1.88 bits per heavy atom. The molecule has 0 aliphatic carbocycles. The molecular weight excluding hydrogens is 486 g/mol. The molecule has 0 unspecified atom stereocenters. The lowest BCUT2D eigenvalue weighted by Gasteiger charge is -2.34. The van der Waals surface area contributed by atoms with E-state index in [0.29, 0.717) is 22.9 Å². The van der Waals surface area contributed by atoms with E-state index in [1.54, 1.807) is 31.7 Å². The third-order valence-corrected chi connectivity index (χ3v) is 10.6. The van der Waals surface area contributed by atoms with Crippen LogP contribution in [0.5, 0.6) is 0 Å². The monoisotopic (exact) mass is 521 g/mol. The van der Waals surface area contributed by atoms with Gasteiger partial charge in [-0.1, -0.05) is 44.9 Å². The van der Waals surface area contributed by atoms with Crippen LogP contribution in [-0.2, 0) is 20.4 Å². The molecule has 34 heavy (non-hydrogen) atoms. The Labute approximate surface area is 212 Å². The van der Waals surface area contributed by atoms with Crippen molar-refractivity contribution in [1.82, 2.24) is 0 Å². The van der Waals surface area contributed by atoms with Gasteiger partial charge in [0.25, 0.3) is 0 Å². The number of rotatable bonds is 9. The molecule has 5 nitrogen and oxygen atoms in total. The number of nitrogens with zero attached hydrogens (tertiary/aromatic N) is 1. The van der Waals surface area contributed by atoms with Crippen LogP contribution in [0.15, 0.2) is 52.3 Å². The molecule has 2 aromatic rings. The number of anilines is 2. The second kappa shape index (κ2) is 10.5. The van der Waals surface area contributed by atoms with Gasteiger partial charge in [-0.2, -0.15) is 0 Å². The van der Waals surface area contributed by atoms with Crippen LogP contribution in [0.25, 0.3) is 0 Å². The van der Waals surface area contributed by atoms with Crippen molar-refractivity contribution in [3.63, 3.8) is 0 Å². The molecule has 0 saturated carbocycles. The number of carbonyl (C=O) groups is 1. The number of thioether (sulfide) groups is 2. The number of unbranched alkanes of at least 4 members (excludes halogenated alkanes) is 1. The number of hydrogen-bond acceptors (Lipinski definition) is 6. The molecule has 0 amide bonds. The van der Waals surface area contributed by atoms with Gasteiger partial charge in [0.2, 0.25) is 0 Å². The highest BCUT2D eigenvalue weighted by atomic mass is 32.2. The first-order valence-electron chi connectivity index (χ1n) is 11.6. The van der Waals surface area contributed by atoms with Gasteiger partial charge in [0.1, 0.15) is 4.75 Å². The predicted octanol–water partition coefficient (Wildman–Crippen LogP) is 6.63. The van der Waals surface area contributed by atoms with Crippen molar-refractivity contribution < 1.29 is 18.3 Å². The number of fused-ring (bicyclic) bond motifs is 1. The van der Waals surface area contributed by atoms with Crippen LogP contribution >= 0.6 is 23.5 Å². The van der Waals surface area contributed by atoms with Crippen LogP contribution in [0.3, 0.4) is 0 Å². The van der Waals surface area contributed by atoms with E-state index in [-0.39, 0.29) is 11.2 Å². The van der Waals surface area contributed by atoms with Crippen LogP contribution in [0.1, 0.15) is 52.5 Å². The summed E-state index contributed by atoms with van der Waals surface area (Å²) in [5.41, 5.74) is 2.16. The zero-order chi connectivity index (χ0) is 25.1. The zero-order valence-electron chi connectivity index (χ0n) is 20.6. The standard InChI is InChI=1S/C26H35NO4S3/c1-6-7-13-26(4)17-27(20-11-9-8-10-12-20)21-15-22(32-5)19(14-23(21)34(30,31)18-26)16-33-25(2,3)24(28)29/h8-12,14-15H,6-7,13,16-18H2,1-5H3,(H,28,29)/t26-/m0/s1. The van der Waals surface area contributed by atoms with Gasteiger partial charge in [-0.25, -0.2) is 8.42 Å². The number of carboxylic acid groups (broad SMARTS) is 1. The predicted molar refractivity (Wildman–Crippen MR) is 144 cm³/mol. The summed E-state index contributed by atoms with van der Waals surface area (Å²) >= 11 is 2.88. The Morgan fingerprint density at radius 3 is 2.47 bits per heavy atom. The highest BCUT2D eigenvalue weighted by molar-refractivity contribution is 8.00. The molecule has 3 rings (SSSR count). The lowest BCUT2D eigenvalue weighted by molar-refractivity contribution is -0.138. The van der Waals surface area contributed by atoms with E-state index < -0.39 is 20.6 Å². The van der Waals surface area contributed by atoms with Gasteiger partial charge in [-0.15, -0.1) is 23.5 Å². The van der Waals surface area contributed by atoms with Crippen LogP contribution in [0.2, 0.25) is 0 Å². The molecule has 8 heteroatoms. The van der Waals surface area contributed by atoms with Crippen LogP contribution < -0.4 is 4.90 Å². The van der Waals surface area contributed by atoms with Gasteiger partial charge in [0, 0.05) is 22.9 Å². The third-order valence-electron chi connectivity index (χ3n) is 6.37. The van der Waals surface area contributed by atoms with Crippen LogP contribution in [0, 0.1) is 5.41 Å². The number of carboxylic acids is 1. The van der Waals surface area contributed by atoms with E-state index in [4.69, 9.17) is 0 Å². The Hall–Kier alpha value is -1.64. The summed E-state index contributed by atoms with van der Waals surface area (Å²) in [5.74, 6) is -0.355. The first-order chi connectivity index (χ1) is 15.9. The van der Waals surface area contributed by atoms with Crippen LogP contribution in [0.4, 0.5) is 11.4 Å². The summed E-state index contributed by atoms with van der Waals surface area (Å²) < 4.78 is 26.6. The van der Waals surface area contributed by atoms with Crippen molar-refractivity contribution in [3.05, 3.63) is 48.0 Å². The number of aliphatic carboxylic acids is 1. The van der Waals surface area contributed by atoms with Crippen LogP contribution in [-0.4, -0.2) is 42.8 Å². The average molecular weight is 522 g/mol. The second-order valence-corrected chi connectivity index (χ2v) is 14.2. The maximum atomic E-state index is 13.8.